The molecule has 0 unspecified atom stereocenters. The fourth-order valence-electron chi connectivity index (χ4n) is 24.5. The first kappa shape index (κ1) is 110. The van der Waals surface area contributed by atoms with Gasteiger partial charge in [-0.05, 0) is 198 Å². The Bertz CT molecular complexity index is 5480. The summed E-state index contributed by atoms with van der Waals surface area (Å²) in [7, 11) is 4.51. The Hall–Kier alpha value is -8.36. The van der Waals surface area contributed by atoms with E-state index < -0.39 is 166 Å². The van der Waals surface area contributed by atoms with Crippen LogP contribution < -0.4 is 28.4 Å². The molecule has 6 aromatic rings. The van der Waals surface area contributed by atoms with Gasteiger partial charge in [0, 0.05) is 99.0 Å². The molecule has 765 valence electrons. The molecule has 9 fully saturated rings. The van der Waals surface area contributed by atoms with Crippen LogP contribution in [-0.4, -0.2) is 194 Å². The molecular weight excluding hydrogens is 1940 g/mol. The van der Waals surface area contributed by atoms with Gasteiger partial charge in [-0.15, -0.1) is 0 Å². The number of carbonyl (C=O) groups excluding carboxylic acids is 9. The Morgan fingerprint density at radius 3 is 1.01 bits per heavy atom. The minimum absolute atomic E-state index is 0. The number of carbonyl (C=O) groups is 6. The number of hydrogen-bond donors (Lipinski definition) is 0. The summed E-state index contributed by atoms with van der Waals surface area (Å²) in [6.07, 6.45) is 21.6. The van der Waals surface area contributed by atoms with Crippen LogP contribution in [0, 0.1) is 69.5 Å². The summed E-state index contributed by atoms with van der Waals surface area (Å²) in [6, 6.07) is 11.7. The molecule has 6 aliphatic carbocycles. The van der Waals surface area contributed by atoms with E-state index in [1.54, 1.807) is 54.6 Å². The molecule has 27 nitrogen and oxygen atoms in total. The van der Waals surface area contributed by atoms with Crippen molar-refractivity contribution in [1.82, 2.24) is 44.6 Å². The number of hydrogen-bond acceptors (Lipinski definition) is 24. The summed E-state index contributed by atoms with van der Waals surface area (Å²) in [5, 5.41) is 0. The Kier molecular flexibility index (Phi) is 35.6. The van der Waals surface area contributed by atoms with Crippen molar-refractivity contribution in [2.45, 2.75) is 345 Å². The predicted molar refractivity (Wildman–Crippen MR) is 495 cm³/mol. The molecule has 9 heterocycles. The van der Waals surface area contributed by atoms with Crippen molar-refractivity contribution in [3.63, 3.8) is 0 Å². The Balaban J connectivity index is 0.000000176. The number of esters is 3. The van der Waals surface area contributed by atoms with Gasteiger partial charge in [-0.2, -0.15) is 26.3 Å². The largest absolute Gasteiger partial charge is 0.540 e. The van der Waals surface area contributed by atoms with Crippen LogP contribution in [0.25, 0.3) is 33.1 Å². The molecule has 36 heteroatoms. The van der Waals surface area contributed by atoms with Gasteiger partial charge >= 0.3 is 17.9 Å². The van der Waals surface area contributed by atoms with Crippen LogP contribution in [0.3, 0.4) is 0 Å². The summed E-state index contributed by atoms with van der Waals surface area (Å²) in [5.74, 6) is -15.0. The molecular formula is C105H132F6N9O18V3-3. The van der Waals surface area contributed by atoms with Gasteiger partial charge in [0.2, 0.25) is 35.4 Å². The molecule has 3 amide bonds. The van der Waals surface area contributed by atoms with E-state index in [0.717, 1.165) is 96.3 Å². The average Bonchev–Trinajstić information content (AvgIpc) is 1.65. The first-order valence-electron chi connectivity index (χ1n) is 50.4. The molecule has 3 saturated heterocycles. The molecule has 6 saturated carbocycles. The zero-order valence-corrected chi connectivity index (χ0v) is 86.6. The molecule has 12 aliphatic rings. The number of rotatable bonds is 12. The standard InChI is InChI=1S/C36H46F2N3O6.C35H44F2N3O6.C34H42F2N3O6.3V/c1-4-24-28(21-42)41-20-30(24)47-33-32(39-26-14-13-23(45-3)18-27(26)40-33)36(37,38)17-6-5-10-22-11-9-12-29(22)46-31(43)19-25(34(41)44)35(2)15-7-8-16-35;1-5-23-27(20-41)40-19-28(23)45-31-30(38-25-12-11-22(44-4)16-26(25)39-31)35(36,37)15-7-6-10-21-18-34(21,3)46-29(42)17-24(32(40)43)33(2)13-8-9-14-33;1-4-22-26(19-40)39-18-28(22)45-31-30(37-24-11-10-21(43-3)16-25(24)38-31)34(35,36)14-6-5-9-20-15-27(20)44-29(41)17-23(32(39)42)33(2)12-7-8-13-33;;;/h13-14,18,22,24-25,28-30H,4-12,15-17,19-20H2,1-3H3;11-12,16,21,23-24,27-28H,5-10,13-15,17-19H2,1-4H3;10-11,16,20,22-23,26-28H,4-9,12-15,17-18H2,1-3H3;;;/q3*-1;;;/t22-,24+,25-,28-,29-,30+;21-,23+,24-,27-,28+,34-;20-,22+,23-,26-,27-,28+;;;/m111.../s1. The van der Waals surface area contributed by atoms with Gasteiger partial charge in [0.1, 0.15) is 53.4 Å². The fraction of sp³-hybridized carbons (Fsp3) is 0.686. The average molecular weight is 2080 g/mol. The maximum atomic E-state index is 16.1. The molecule has 18 atom stereocenters. The van der Waals surface area contributed by atoms with Gasteiger partial charge in [-0.3, -0.25) is 28.8 Å². The van der Waals surface area contributed by atoms with Crippen molar-refractivity contribution >= 4 is 87.6 Å². The van der Waals surface area contributed by atoms with Crippen molar-refractivity contribution < 1.29 is 168 Å². The van der Waals surface area contributed by atoms with Crippen LogP contribution in [0.2, 0.25) is 0 Å². The molecule has 18 rings (SSSR count). The van der Waals surface area contributed by atoms with E-state index in [9.17, 15) is 43.2 Å². The normalized spacial score (nSPS) is 31.2. The number of amides is 3. The third kappa shape index (κ3) is 23.7. The number of aromatic nitrogens is 6. The minimum atomic E-state index is -3.35. The summed E-state index contributed by atoms with van der Waals surface area (Å²) in [6.45, 7) is 13.5. The van der Waals surface area contributed by atoms with E-state index in [2.05, 4.69) is 49.4 Å². The molecule has 3 aromatic heterocycles. The van der Waals surface area contributed by atoms with E-state index in [1.165, 1.54) is 36.0 Å². The van der Waals surface area contributed by atoms with Crippen LogP contribution >= 0.6 is 0 Å². The Morgan fingerprint density at radius 2 is 0.681 bits per heavy atom. The van der Waals surface area contributed by atoms with Crippen molar-refractivity contribution in [2.75, 3.05) is 41.0 Å². The molecule has 141 heavy (non-hydrogen) atoms. The summed E-state index contributed by atoms with van der Waals surface area (Å²) in [4.78, 5) is 152. The van der Waals surface area contributed by atoms with Crippen LogP contribution in [0.1, 0.15) is 290 Å². The van der Waals surface area contributed by atoms with Gasteiger partial charge < -0.3 is 71.7 Å². The van der Waals surface area contributed by atoms with Gasteiger partial charge in [0.05, 0.1) is 111 Å². The first-order valence-corrected chi connectivity index (χ1v) is 50.4. The van der Waals surface area contributed by atoms with Crippen LogP contribution in [0.4, 0.5) is 26.3 Å². The van der Waals surface area contributed by atoms with Gasteiger partial charge in [0.15, 0.2) is 17.1 Å². The Labute approximate surface area is 856 Å². The van der Waals surface area contributed by atoms with Gasteiger partial charge in [0.25, 0.3) is 17.8 Å². The SMILES string of the molecule is CC[C@@H]1[C@@H]2CN(C(=O)[C@H](C3(C)CCCC3)CC(=O)O[C@@H]3CCC[C@H]3CCCCC(F)(F)c3nc4ccc(OC)cc4nc3O2)[C@@H]1[C-]=O.CC[C@@H]1[C@@H]2CN(C(=O)[C@H](C3(C)CCCC3)CC(=O)O[C@@H]3C[C@H]3CCCCC(F)(F)c3nc4ccc(OC)cc4nc3O2)[C@@H]1[C-]=O.CC[C@@H]1[C@@H]2CN(C(=O)[C@H](C3(C)CCCC3)CC(=O)O[C@]3(C)C[C@H]3CCCCC(F)(F)c3nc4ccc(OC)cc4nc3O2)[C@@H]1[C-]=O.[V].[V].[V]. The number of benzene rings is 3. The first-order chi connectivity index (χ1) is 66.0. The topological polar surface area (TPSA) is 324 Å². The van der Waals surface area contributed by atoms with E-state index in [0.29, 0.717) is 104 Å². The van der Waals surface area contributed by atoms with Crippen molar-refractivity contribution in [2.24, 2.45) is 69.5 Å². The number of fused-ring (bicyclic) bond motifs is 15. The fourth-order valence-corrected chi connectivity index (χ4v) is 24.5. The van der Waals surface area contributed by atoms with Crippen molar-refractivity contribution in [3.8, 4) is 34.9 Å². The van der Waals surface area contributed by atoms with E-state index in [1.807, 2.05) is 47.8 Å². The Morgan fingerprint density at radius 1 is 0.369 bits per heavy atom. The number of ether oxygens (including phenoxy) is 9. The van der Waals surface area contributed by atoms with Gasteiger partial charge in [-0.25, -0.2) is 48.8 Å². The van der Waals surface area contributed by atoms with Crippen molar-refractivity contribution in [1.29, 1.82) is 0 Å². The maximum absolute atomic E-state index is 16.1. The van der Waals surface area contributed by atoms with Crippen LogP contribution in [-0.2, 0) is 131 Å². The third-order valence-electron chi connectivity index (χ3n) is 33.2. The van der Waals surface area contributed by atoms with Gasteiger partial charge in [-0.1, -0.05) is 137 Å². The number of methoxy groups -OCH3 is 3. The second kappa shape index (κ2) is 45.7. The summed E-state index contributed by atoms with van der Waals surface area (Å²) < 4.78 is 149. The van der Waals surface area contributed by atoms with E-state index in [4.69, 9.17) is 42.6 Å². The second-order valence-corrected chi connectivity index (χ2v) is 42.2. The molecule has 3 radical (unpaired) electrons. The maximum Gasteiger partial charge on any atom is 0.307 e. The smallest absolute Gasteiger partial charge is 0.307 e. The second-order valence-electron chi connectivity index (χ2n) is 42.2. The van der Waals surface area contributed by atoms with E-state index >= 15 is 26.3 Å². The van der Waals surface area contributed by atoms with Crippen molar-refractivity contribution in [3.05, 3.63) is 71.7 Å². The third-order valence-corrected chi connectivity index (χ3v) is 33.2. The molecule has 3 aromatic carbocycles. The summed E-state index contributed by atoms with van der Waals surface area (Å²) in [5.41, 5.74) is -1.78. The zero-order valence-electron chi connectivity index (χ0n) is 82.4. The van der Waals surface area contributed by atoms with Crippen LogP contribution in [0.5, 0.6) is 34.9 Å². The monoisotopic (exact) mass is 2070 g/mol. The minimum Gasteiger partial charge on any atom is -0.540 e. The molecule has 6 aliphatic heterocycles. The van der Waals surface area contributed by atoms with E-state index in [-0.39, 0.29) is 196 Å². The number of alkyl halides is 6. The quantitative estimate of drug-likeness (QED) is 0.0475. The molecule has 0 N–H and O–H groups in total. The molecule has 0 spiro atoms. The molecule has 6 bridgehead atoms. The zero-order chi connectivity index (χ0) is 98.1. The number of nitrogens with zero attached hydrogens (tertiary/aromatic N) is 9. The number of halogens is 6. The summed E-state index contributed by atoms with van der Waals surface area (Å²) >= 11 is 0. The predicted octanol–water partition coefficient (Wildman–Crippen LogP) is 18.9. The van der Waals surface area contributed by atoms with Crippen LogP contribution in [0.15, 0.2) is 54.6 Å².